The first-order valence-electron chi connectivity index (χ1n) is 2.91. The molecule has 0 atom stereocenters. The van der Waals surface area contributed by atoms with E-state index in [2.05, 4.69) is 11.6 Å². The van der Waals surface area contributed by atoms with E-state index in [0.717, 1.165) is 12.1 Å². The van der Waals surface area contributed by atoms with Gasteiger partial charge in [-0.15, -0.1) is 0 Å². The van der Waals surface area contributed by atoms with Gasteiger partial charge in [0.2, 0.25) is 0 Å². The van der Waals surface area contributed by atoms with Gasteiger partial charge >= 0.3 is 0 Å². The normalized spacial score (nSPS) is 12.3. The van der Waals surface area contributed by atoms with E-state index in [1.165, 1.54) is 6.20 Å². The summed E-state index contributed by atoms with van der Waals surface area (Å²) in [6, 6.07) is 0. The lowest BCUT2D eigenvalue weighted by Crippen LogP contribution is -1.84. The quantitative estimate of drug-likeness (QED) is 0.568. The van der Waals surface area contributed by atoms with Gasteiger partial charge in [-0.25, -0.2) is 0 Å². The molecule has 0 aromatic rings. The van der Waals surface area contributed by atoms with E-state index in [1.807, 2.05) is 6.92 Å². The molecule has 0 aliphatic heterocycles. The second-order valence-electron chi connectivity index (χ2n) is 1.53. The predicted octanol–water partition coefficient (Wildman–Crippen LogP) is 1.45. The SMILES string of the molecule is C=C/C=N\C(=C/N)CC. The number of rotatable bonds is 3. The minimum Gasteiger partial charge on any atom is -0.403 e. The van der Waals surface area contributed by atoms with Crippen molar-refractivity contribution >= 4 is 6.21 Å². The second-order valence-corrected chi connectivity index (χ2v) is 1.53. The van der Waals surface area contributed by atoms with Crippen LogP contribution in [0.3, 0.4) is 0 Å². The first-order valence-corrected chi connectivity index (χ1v) is 2.91. The van der Waals surface area contributed by atoms with Gasteiger partial charge < -0.3 is 5.73 Å². The van der Waals surface area contributed by atoms with E-state index >= 15 is 0 Å². The standard InChI is InChI=1S/C7H12N2/c1-3-5-9-7(4-2)6-8/h3,5-6H,1,4,8H2,2H3/b7-6-,9-5-. The van der Waals surface area contributed by atoms with Crippen molar-refractivity contribution in [2.75, 3.05) is 0 Å². The van der Waals surface area contributed by atoms with Gasteiger partial charge in [-0.2, -0.15) is 0 Å². The number of hydrogen-bond donors (Lipinski definition) is 1. The first kappa shape index (κ1) is 7.95. The predicted molar refractivity (Wildman–Crippen MR) is 41.3 cm³/mol. The zero-order chi connectivity index (χ0) is 7.11. The van der Waals surface area contributed by atoms with Crippen molar-refractivity contribution in [3.63, 3.8) is 0 Å². The van der Waals surface area contributed by atoms with E-state index in [1.54, 1.807) is 12.3 Å². The molecule has 0 heterocycles. The van der Waals surface area contributed by atoms with Crippen molar-refractivity contribution in [3.05, 3.63) is 24.6 Å². The number of hydrogen-bond acceptors (Lipinski definition) is 2. The summed E-state index contributed by atoms with van der Waals surface area (Å²) in [5.41, 5.74) is 6.10. The Balaban J connectivity index is 3.84. The van der Waals surface area contributed by atoms with Crippen LogP contribution in [-0.2, 0) is 0 Å². The molecule has 0 saturated heterocycles. The average molecular weight is 124 g/mol. The molecule has 0 amide bonds. The zero-order valence-corrected chi connectivity index (χ0v) is 5.67. The lowest BCUT2D eigenvalue weighted by molar-refractivity contribution is 1.06. The maximum Gasteiger partial charge on any atom is 0.0555 e. The molecule has 2 nitrogen and oxygen atoms in total. The molecule has 0 rings (SSSR count). The maximum absolute atomic E-state index is 5.21. The Morgan fingerprint density at radius 3 is 2.78 bits per heavy atom. The highest BCUT2D eigenvalue weighted by Crippen LogP contribution is 1.97. The lowest BCUT2D eigenvalue weighted by atomic mass is 10.4. The summed E-state index contributed by atoms with van der Waals surface area (Å²) in [4.78, 5) is 3.97. The summed E-state index contributed by atoms with van der Waals surface area (Å²) in [6.45, 7) is 5.48. The van der Waals surface area contributed by atoms with Crippen molar-refractivity contribution in [2.24, 2.45) is 10.7 Å². The fraction of sp³-hybridized carbons (Fsp3) is 0.286. The van der Waals surface area contributed by atoms with Crippen LogP contribution in [-0.4, -0.2) is 6.21 Å². The average Bonchev–Trinajstić information content (AvgIpc) is 1.91. The Morgan fingerprint density at radius 2 is 2.44 bits per heavy atom. The molecule has 0 aromatic heterocycles. The summed E-state index contributed by atoms with van der Waals surface area (Å²) in [6.07, 6.45) is 5.61. The number of allylic oxidation sites excluding steroid dienone is 2. The fourth-order valence-electron chi connectivity index (χ4n) is 0.401. The lowest BCUT2D eigenvalue weighted by Gasteiger charge is -1.89. The second kappa shape index (κ2) is 5.09. The van der Waals surface area contributed by atoms with Gasteiger partial charge in [0.05, 0.1) is 5.70 Å². The van der Waals surface area contributed by atoms with Gasteiger partial charge in [0, 0.05) is 12.4 Å². The van der Waals surface area contributed by atoms with Gasteiger partial charge in [0.25, 0.3) is 0 Å². The molecule has 0 aliphatic carbocycles. The van der Waals surface area contributed by atoms with E-state index in [9.17, 15) is 0 Å². The van der Waals surface area contributed by atoms with Gasteiger partial charge in [-0.05, 0) is 6.42 Å². The van der Waals surface area contributed by atoms with Crippen molar-refractivity contribution in [2.45, 2.75) is 13.3 Å². The molecular formula is C7H12N2. The highest BCUT2D eigenvalue weighted by Gasteiger charge is 1.82. The van der Waals surface area contributed by atoms with Crippen LogP contribution in [0.1, 0.15) is 13.3 Å². The topological polar surface area (TPSA) is 38.4 Å². The number of aliphatic imine (C=N–C) groups is 1. The molecule has 2 heteroatoms. The molecule has 0 fully saturated rings. The molecule has 0 aliphatic rings. The third-order valence-electron chi connectivity index (χ3n) is 0.900. The van der Waals surface area contributed by atoms with Crippen molar-refractivity contribution in [1.82, 2.24) is 0 Å². The Labute approximate surface area is 55.8 Å². The van der Waals surface area contributed by atoms with E-state index in [-0.39, 0.29) is 0 Å². The molecule has 0 bridgehead atoms. The monoisotopic (exact) mass is 124 g/mol. The van der Waals surface area contributed by atoms with Crippen LogP contribution >= 0.6 is 0 Å². The zero-order valence-electron chi connectivity index (χ0n) is 5.67. The number of nitrogens with zero attached hydrogens (tertiary/aromatic N) is 1. The summed E-state index contributed by atoms with van der Waals surface area (Å²) in [5, 5.41) is 0. The summed E-state index contributed by atoms with van der Waals surface area (Å²) >= 11 is 0. The first-order chi connectivity index (χ1) is 4.35. The fourth-order valence-corrected chi connectivity index (χ4v) is 0.401. The van der Waals surface area contributed by atoms with Crippen molar-refractivity contribution in [1.29, 1.82) is 0 Å². The molecule has 2 N–H and O–H groups in total. The molecule has 0 spiro atoms. The van der Waals surface area contributed by atoms with Gasteiger partial charge in [-0.1, -0.05) is 19.6 Å². The maximum atomic E-state index is 5.21. The van der Waals surface area contributed by atoms with Gasteiger partial charge in [0.15, 0.2) is 0 Å². The van der Waals surface area contributed by atoms with Gasteiger partial charge in [-0.3, -0.25) is 4.99 Å². The highest BCUT2D eigenvalue weighted by molar-refractivity contribution is 5.71. The smallest absolute Gasteiger partial charge is 0.0555 e. The van der Waals surface area contributed by atoms with Crippen LogP contribution in [0.2, 0.25) is 0 Å². The Hall–Kier alpha value is -1.05. The minimum absolute atomic E-state index is 0.862. The molecule has 0 radical (unpaired) electrons. The Bertz CT molecular complexity index is 134. The van der Waals surface area contributed by atoms with Crippen LogP contribution < -0.4 is 5.73 Å². The molecule has 9 heavy (non-hydrogen) atoms. The summed E-state index contributed by atoms with van der Waals surface area (Å²) < 4.78 is 0. The third-order valence-corrected chi connectivity index (χ3v) is 0.900. The van der Waals surface area contributed by atoms with E-state index < -0.39 is 0 Å². The van der Waals surface area contributed by atoms with Crippen molar-refractivity contribution < 1.29 is 0 Å². The molecule has 50 valence electrons. The van der Waals surface area contributed by atoms with E-state index in [4.69, 9.17) is 5.73 Å². The van der Waals surface area contributed by atoms with Crippen molar-refractivity contribution in [3.8, 4) is 0 Å². The van der Waals surface area contributed by atoms with Crippen LogP contribution in [0.5, 0.6) is 0 Å². The van der Waals surface area contributed by atoms with Crippen LogP contribution in [0.4, 0.5) is 0 Å². The largest absolute Gasteiger partial charge is 0.403 e. The molecule has 0 saturated carbocycles. The third kappa shape index (κ3) is 3.53. The van der Waals surface area contributed by atoms with Crippen LogP contribution in [0.25, 0.3) is 0 Å². The minimum atomic E-state index is 0.862. The summed E-state index contributed by atoms with van der Waals surface area (Å²) in [5.74, 6) is 0. The van der Waals surface area contributed by atoms with E-state index in [0.29, 0.717) is 0 Å². The molecule has 0 unspecified atom stereocenters. The molecular weight excluding hydrogens is 112 g/mol. The molecule has 0 aromatic carbocycles. The van der Waals surface area contributed by atoms with Gasteiger partial charge in [0.1, 0.15) is 0 Å². The Morgan fingerprint density at radius 1 is 1.78 bits per heavy atom. The van der Waals surface area contributed by atoms with Crippen LogP contribution in [0, 0.1) is 0 Å². The highest BCUT2D eigenvalue weighted by atomic mass is 14.7. The summed E-state index contributed by atoms with van der Waals surface area (Å²) in [7, 11) is 0. The van der Waals surface area contributed by atoms with Crippen LogP contribution in [0.15, 0.2) is 29.5 Å². The Kier molecular flexibility index (Phi) is 4.50. The number of nitrogens with two attached hydrogens (primary N) is 1.